The van der Waals surface area contributed by atoms with Gasteiger partial charge in [0.15, 0.2) is 0 Å². The van der Waals surface area contributed by atoms with Crippen molar-refractivity contribution in [2.75, 3.05) is 25.4 Å². The number of primary amides is 1. The lowest BCUT2D eigenvalue weighted by Crippen LogP contribution is -2.30. The molecule has 0 fully saturated rings. The number of aromatic amines is 1. The van der Waals surface area contributed by atoms with Gasteiger partial charge >= 0.3 is 0 Å². The Labute approximate surface area is 174 Å². The molecule has 0 radical (unpaired) electrons. The van der Waals surface area contributed by atoms with Crippen LogP contribution in [-0.2, 0) is 5.75 Å². The number of nitrogens with one attached hydrogen (secondary N) is 1. The predicted molar refractivity (Wildman–Crippen MR) is 120 cm³/mol. The summed E-state index contributed by atoms with van der Waals surface area (Å²) in [5.74, 6) is 1.88. The number of fused-ring (bicyclic) bond motifs is 1. The molecule has 0 saturated heterocycles. The maximum absolute atomic E-state index is 11.4. The van der Waals surface area contributed by atoms with Gasteiger partial charge in [-0.2, -0.15) is 11.8 Å². The molecular formula is C23H25N3O2S. The molecule has 6 heteroatoms. The summed E-state index contributed by atoms with van der Waals surface area (Å²) in [7, 11) is 0. The lowest BCUT2D eigenvalue weighted by molar-refractivity contribution is 0.100. The van der Waals surface area contributed by atoms with E-state index in [1.165, 1.54) is 11.1 Å². The number of benzene rings is 2. The van der Waals surface area contributed by atoms with Crippen molar-refractivity contribution in [1.82, 2.24) is 9.88 Å². The molecule has 4 rings (SSSR count). The topological polar surface area (TPSA) is 82.4 Å². The maximum atomic E-state index is 11.4. The predicted octanol–water partition coefficient (Wildman–Crippen LogP) is 3.99. The van der Waals surface area contributed by atoms with Gasteiger partial charge in [0.25, 0.3) is 0 Å². The SMILES string of the molecule is NC(=O)c1ccc2[nH]cc(CSCCN3CC=C(c4cccc(O)c4)CC3)c2c1. The normalized spacial score (nSPS) is 14.8. The number of amides is 1. The Morgan fingerprint density at radius 3 is 2.90 bits per heavy atom. The molecule has 0 saturated carbocycles. The Morgan fingerprint density at radius 1 is 1.24 bits per heavy atom. The molecule has 0 spiro atoms. The van der Waals surface area contributed by atoms with Gasteiger partial charge in [-0.05, 0) is 53.5 Å². The quantitative estimate of drug-likeness (QED) is 0.517. The van der Waals surface area contributed by atoms with E-state index in [9.17, 15) is 9.90 Å². The highest BCUT2D eigenvalue weighted by molar-refractivity contribution is 7.98. The summed E-state index contributed by atoms with van der Waals surface area (Å²) in [4.78, 5) is 17.2. The molecule has 2 aromatic carbocycles. The molecular weight excluding hydrogens is 382 g/mol. The Bertz CT molecular complexity index is 1060. The molecule has 1 aromatic heterocycles. The van der Waals surface area contributed by atoms with E-state index >= 15 is 0 Å². The molecule has 1 aliphatic heterocycles. The second-order valence-electron chi connectivity index (χ2n) is 7.32. The number of aromatic nitrogens is 1. The van der Waals surface area contributed by atoms with Crippen LogP contribution in [0.5, 0.6) is 5.75 Å². The highest BCUT2D eigenvalue weighted by atomic mass is 32.2. The standard InChI is InChI=1S/C23H25N3O2S/c24-23(28)18-4-5-22-21(13-18)19(14-25-22)15-29-11-10-26-8-6-16(7-9-26)17-2-1-3-20(27)12-17/h1-6,12-14,25,27H,7-11,15H2,(H2,24,28). The third-order valence-electron chi connectivity index (χ3n) is 5.37. The van der Waals surface area contributed by atoms with Crippen LogP contribution in [0.1, 0.15) is 27.9 Å². The highest BCUT2D eigenvalue weighted by Gasteiger charge is 2.13. The van der Waals surface area contributed by atoms with E-state index in [2.05, 4.69) is 22.0 Å². The van der Waals surface area contributed by atoms with E-state index in [1.54, 1.807) is 12.1 Å². The van der Waals surface area contributed by atoms with Gasteiger partial charge in [0.1, 0.15) is 5.75 Å². The molecule has 0 bridgehead atoms. The van der Waals surface area contributed by atoms with Crippen LogP contribution in [0.15, 0.2) is 54.7 Å². The zero-order valence-electron chi connectivity index (χ0n) is 16.2. The van der Waals surface area contributed by atoms with Crippen LogP contribution in [0.3, 0.4) is 0 Å². The van der Waals surface area contributed by atoms with Gasteiger partial charge in [0.05, 0.1) is 0 Å². The molecule has 3 aromatic rings. The van der Waals surface area contributed by atoms with Gasteiger partial charge in [-0.1, -0.05) is 18.2 Å². The summed E-state index contributed by atoms with van der Waals surface area (Å²) in [6, 6.07) is 13.0. The van der Waals surface area contributed by atoms with Crippen molar-refractivity contribution in [1.29, 1.82) is 0 Å². The van der Waals surface area contributed by atoms with Crippen LogP contribution >= 0.6 is 11.8 Å². The third-order valence-corrected chi connectivity index (χ3v) is 6.36. The summed E-state index contributed by atoms with van der Waals surface area (Å²) in [5.41, 5.74) is 10.6. The zero-order chi connectivity index (χ0) is 20.2. The van der Waals surface area contributed by atoms with Gasteiger partial charge in [-0.15, -0.1) is 0 Å². The number of thioether (sulfide) groups is 1. The molecule has 0 atom stereocenters. The van der Waals surface area contributed by atoms with Crippen molar-refractivity contribution in [3.05, 3.63) is 71.4 Å². The van der Waals surface area contributed by atoms with Crippen molar-refractivity contribution in [3.63, 3.8) is 0 Å². The first-order chi connectivity index (χ1) is 14.1. The highest BCUT2D eigenvalue weighted by Crippen LogP contribution is 2.26. The average Bonchev–Trinajstić information content (AvgIpc) is 3.14. The van der Waals surface area contributed by atoms with Gasteiger partial charge < -0.3 is 15.8 Å². The third kappa shape index (κ3) is 4.66. The van der Waals surface area contributed by atoms with Crippen LogP contribution in [0.25, 0.3) is 16.5 Å². The minimum atomic E-state index is -0.394. The van der Waals surface area contributed by atoms with E-state index in [1.807, 2.05) is 42.2 Å². The van der Waals surface area contributed by atoms with Gasteiger partial charge in [-0.3, -0.25) is 9.69 Å². The summed E-state index contributed by atoms with van der Waals surface area (Å²) in [6.07, 6.45) is 5.30. The summed E-state index contributed by atoms with van der Waals surface area (Å²) in [5, 5.41) is 10.7. The number of carbonyl (C=O) groups excluding carboxylic acids is 1. The van der Waals surface area contributed by atoms with Crippen LogP contribution in [-0.4, -0.2) is 46.3 Å². The van der Waals surface area contributed by atoms with E-state index < -0.39 is 5.91 Å². The summed E-state index contributed by atoms with van der Waals surface area (Å²) in [6.45, 7) is 3.03. The van der Waals surface area contributed by atoms with Crippen molar-refractivity contribution in [3.8, 4) is 5.75 Å². The Balaban J connectivity index is 1.28. The first-order valence-electron chi connectivity index (χ1n) is 9.78. The molecule has 2 heterocycles. The number of carbonyl (C=O) groups is 1. The van der Waals surface area contributed by atoms with Gasteiger partial charge in [0.2, 0.25) is 5.91 Å². The van der Waals surface area contributed by atoms with Crippen molar-refractivity contribution < 1.29 is 9.90 Å². The summed E-state index contributed by atoms with van der Waals surface area (Å²) >= 11 is 1.90. The number of rotatable bonds is 7. The largest absolute Gasteiger partial charge is 0.508 e. The Morgan fingerprint density at radius 2 is 2.14 bits per heavy atom. The molecule has 29 heavy (non-hydrogen) atoms. The number of nitrogens with zero attached hydrogens (tertiary/aromatic N) is 1. The number of phenols is 1. The molecule has 0 unspecified atom stereocenters. The molecule has 5 nitrogen and oxygen atoms in total. The fraction of sp³-hybridized carbons (Fsp3) is 0.261. The van der Waals surface area contributed by atoms with Crippen LogP contribution in [0.4, 0.5) is 0 Å². The number of hydrogen-bond donors (Lipinski definition) is 3. The number of H-pyrrole nitrogens is 1. The summed E-state index contributed by atoms with van der Waals surface area (Å²) < 4.78 is 0. The minimum Gasteiger partial charge on any atom is -0.508 e. The Hall–Kier alpha value is -2.70. The van der Waals surface area contributed by atoms with Crippen molar-refractivity contribution >= 4 is 34.1 Å². The lowest BCUT2D eigenvalue weighted by atomic mass is 9.99. The number of hydrogen-bond acceptors (Lipinski definition) is 4. The molecule has 150 valence electrons. The van der Waals surface area contributed by atoms with E-state index in [0.29, 0.717) is 11.3 Å². The molecule has 0 aliphatic carbocycles. The second-order valence-corrected chi connectivity index (χ2v) is 8.43. The number of aromatic hydroxyl groups is 1. The van der Waals surface area contributed by atoms with E-state index in [-0.39, 0.29) is 0 Å². The van der Waals surface area contributed by atoms with Gasteiger partial charge in [0, 0.05) is 53.8 Å². The maximum Gasteiger partial charge on any atom is 0.248 e. The molecule has 4 N–H and O–H groups in total. The van der Waals surface area contributed by atoms with Crippen LogP contribution in [0, 0.1) is 0 Å². The van der Waals surface area contributed by atoms with E-state index in [0.717, 1.165) is 54.0 Å². The number of phenolic OH excluding ortho intramolecular Hbond substituents is 1. The fourth-order valence-corrected chi connectivity index (χ4v) is 4.70. The van der Waals surface area contributed by atoms with Gasteiger partial charge in [-0.25, -0.2) is 0 Å². The molecule has 1 amide bonds. The Kier molecular flexibility index (Phi) is 5.92. The van der Waals surface area contributed by atoms with E-state index in [4.69, 9.17) is 5.73 Å². The lowest BCUT2D eigenvalue weighted by Gasteiger charge is -2.26. The number of nitrogens with two attached hydrogens (primary N) is 1. The average molecular weight is 408 g/mol. The first kappa shape index (κ1) is 19.6. The van der Waals surface area contributed by atoms with Crippen molar-refractivity contribution in [2.45, 2.75) is 12.2 Å². The molecule has 1 aliphatic rings. The second kappa shape index (κ2) is 8.76. The monoisotopic (exact) mass is 407 g/mol. The first-order valence-corrected chi connectivity index (χ1v) is 10.9. The zero-order valence-corrected chi connectivity index (χ0v) is 17.0. The fourth-order valence-electron chi connectivity index (χ4n) is 3.71. The van der Waals surface area contributed by atoms with Crippen LogP contribution < -0.4 is 5.73 Å². The van der Waals surface area contributed by atoms with Crippen LogP contribution in [0.2, 0.25) is 0 Å². The minimum absolute atomic E-state index is 0.322. The smallest absolute Gasteiger partial charge is 0.248 e. The van der Waals surface area contributed by atoms with Crippen molar-refractivity contribution in [2.24, 2.45) is 5.73 Å².